The van der Waals surface area contributed by atoms with E-state index in [-0.39, 0.29) is 18.3 Å². The number of amidine groups is 1. The number of rotatable bonds is 7. The molecule has 2 aromatic rings. The minimum atomic E-state index is -0.540. The Labute approximate surface area is 198 Å². The Bertz CT molecular complexity index is 1090. The second-order valence-electron chi connectivity index (χ2n) is 7.63. The van der Waals surface area contributed by atoms with Gasteiger partial charge in [0.25, 0.3) is 0 Å². The van der Waals surface area contributed by atoms with Gasteiger partial charge in [-0.3, -0.25) is 4.79 Å². The number of aliphatic imine (C=N–C) groups is 1. The number of carbonyl (C=O) groups is 2. The van der Waals surface area contributed by atoms with Crippen LogP contribution in [0.1, 0.15) is 36.6 Å². The van der Waals surface area contributed by atoms with Crippen LogP contribution in [0.15, 0.2) is 58.7 Å². The third-order valence-electron chi connectivity index (χ3n) is 5.28. The Morgan fingerprint density at radius 2 is 1.82 bits per heavy atom. The number of nitrogens with zero attached hydrogens (tertiary/aromatic N) is 1. The average Bonchev–Trinajstić information content (AvgIpc) is 2.80. The number of thioether (sulfide) groups is 1. The summed E-state index contributed by atoms with van der Waals surface area (Å²) < 4.78 is 10.5. The fourth-order valence-corrected chi connectivity index (χ4v) is 4.12. The van der Waals surface area contributed by atoms with Gasteiger partial charge in [0.05, 0.1) is 25.0 Å². The van der Waals surface area contributed by atoms with Crippen molar-refractivity contribution in [2.45, 2.75) is 33.7 Å². The minimum Gasteiger partial charge on any atom is -0.497 e. The number of hydrogen-bond acceptors (Lipinski definition) is 7. The van der Waals surface area contributed by atoms with Gasteiger partial charge in [-0.1, -0.05) is 30.0 Å². The number of allylic oxidation sites excluding steroid dienone is 1. The number of ether oxygens (including phenoxy) is 2. The van der Waals surface area contributed by atoms with Gasteiger partial charge in [-0.2, -0.15) is 0 Å². The fourth-order valence-electron chi connectivity index (χ4n) is 3.37. The molecule has 2 N–H and O–H groups in total. The molecule has 0 saturated carbocycles. The summed E-state index contributed by atoms with van der Waals surface area (Å²) in [6, 6.07) is 12.7. The molecule has 0 aromatic heterocycles. The highest BCUT2D eigenvalue weighted by Crippen LogP contribution is 2.33. The van der Waals surface area contributed by atoms with Crippen molar-refractivity contribution in [2.24, 2.45) is 4.99 Å². The van der Waals surface area contributed by atoms with Crippen molar-refractivity contribution in [1.29, 1.82) is 0 Å². The SMILES string of the molecule is CCOC(=O)C1=C(C)NC(SCC(=O)Nc2ccc(C)c(C)c2)=N[C@@H]1c1ccc(OC)cc1. The second kappa shape index (κ2) is 11.0. The topological polar surface area (TPSA) is 89.0 Å². The molecule has 0 radical (unpaired) electrons. The third-order valence-corrected chi connectivity index (χ3v) is 6.16. The van der Waals surface area contributed by atoms with Crippen LogP contribution < -0.4 is 15.4 Å². The first-order valence-corrected chi connectivity index (χ1v) is 11.7. The van der Waals surface area contributed by atoms with Crippen LogP contribution in [-0.2, 0) is 14.3 Å². The molecule has 8 heteroatoms. The molecule has 0 aliphatic carbocycles. The predicted octanol–water partition coefficient (Wildman–Crippen LogP) is 4.52. The van der Waals surface area contributed by atoms with Gasteiger partial charge in [0, 0.05) is 11.4 Å². The fraction of sp³-hybridized carbons (Fsp3) is 0.320. The molecule has 1 amide bonds. The molecular weight excluding hydrogens is 438 g/mol. The number of esters is 1. The molecule has 1 aliphatic rings. The highest BCUT2D eigenvalue weighted by Gasteiger charge is 2.30. The molecule has 1 heterocycles. The molecule has 3 rings (SSSR count). The molecule has 1 aliphatic heterocycles. The molecular formula is C25H29N3O4S. The number of aryl methyl sites for hydroxylation is 2. The van der Waals surface area contributed by atoms with Crippen molar-refractivity contribution in [3.63, 3.8) is 0 Å². The van der Waals surface area contributed by atoms with Crippen LogP contribution in [0.2, 0.25) is 0 Å². The quantitative estimate of drug-likeness (QED) is 0.582. The Balaban J connectivity index is 1.76. The lowest BCUT2D eigenvalue weighted by atomic mass is 9.96. The zero-order valence-corrected chi connectivity index (χ0v) is 20.3. The highest BCUT2D eigenvalue weighted by molar-refractivity contribution is 8.14. The molecule has 0 fully saturated rings. The first-order chi connectivity index (χ1) is 15.8. The maximum Gasteiger partial charge on any atom is 0.338 e. The Morgan fingerprint density at radius 3 is 2.45 bits per heavy atom. The monoisotopic (exact) mass is 467 g/mol. The second-order valence-corrected chi connectivity index (χ2v) is 8.59. The summed E-state index contributed by atoms with van der Waals surface area (Å²) in [5, 5.41) is 6.63. The highest BCUT2D eigenvalue weighted by atomic mass is 32.2. The molecule has 1 atom stereocenters. The zero-order valence-electron chi connectivity index (χ0n) is 19.5. The van der Waals surface area contributed by atoms with Crippen molar-refractivity contribution in [3.05, 3.63) is 70.4 Å². The summed E-state index contributed by atoms with van der Waals surface area (Å²) in [6.07, 6.45) is 0. The van der Waals surface area contributed by atoms with Gasteiger partial charge in [0.15, 0.2) is 5.17 Å². The third kappa shape index (κ3) is 6.16. The lowest BCUT2D eigenvalue weighted by Crippen LogP contribution is -2.31. The van der Waals surface area contributed by atoms with Crippen molar-refractivity contribution >= 4 is 34.5 Å². The summed E-state index contributed by atoms with van der Waals surface area (Å²) in [7, 11) is 1.60. The van der Waals surface area contributed by atoms with Crippen LogP contribution in [0, 0.1) is 13.8 Å². The van der Waals surface area contributed by atoms with Crippen LogP contribution in [0.5, 0.6) is 5.75 Å². The number of amides is 1. The van der Waals surface area contributed by atoms with Gasteiger partial charge in [0.2, 0.25) is 5.91 Å². The molecule has 0 saturated heterocycles. The van der Waals surface area contributed by atoms with Crippen LogP contribution in [-0.4, -0.2) is 36.5 Å². The van der Waals surface area contributed by atoms with E-state index in [2.05, 4.69) is 10.6 Å². The van der Waals surface area contributed by atoms with Gasteiger partial charge in [0.1, 0.15) is 11.8 Å². The van der Waals surface area contributed by atoms with E-state index in [1.54, 1.807) is 14.0 Å². The van der Waals surface area contributed by atoms with Crippen molar-refractivity contribution in [3.8, 4) is 5.75 Å². The van der Waals surface area contributed by atoms with Crippen LogP contribution in [0.3, 0.4) is 0 Å². The van der Waals surface area contributed by atoms with Gasteiger partial charge in [-0.05, 0) is 68.7 Å². The molecule has 0 unspecified atom stereocenters. The lowest BCUT2D eigenvalue weighted by molar-refractivity contribution is -0.139. The van der Waals surface area contributed by atoms with E-state index < -0.39 is 12.0 Å². The number of methoxy groups -OCH3 is 1. The normalized spacial score (nSPS) is 15.4. The summed E-state index contributed by atoms with van der Waals surface area (Å²) >= 11 is 1.28. The molecule has 2 aromatic carbocycles. The minimum absolute atomic E-state index is 0.133. The molecule has 0 spiro atoms. The number of hydrogen-bond donors (Lipinski definition) is 2. The van der Waals surface area contributed by atoms with Gasteiger partial charge >= 0.3 is 5.97 Å². The lowest BCUT2D eigenvalue weighted by Gasteiger charge is -2.25. The van der Waals surface area contributed by atoms with E-state index in [4.69, 9.17) is 14.5 Å². The van der Waals surface area contributed by atoms with Crippen LogP contribution in [0.25, 0.3) is 0 Å². The molecule has 0 bridgehead atoms. The van der Waals surface area contributed by atoms with Crippen LogP contribution >= 0.6 is 11.8 Å². The van der Waals surface area contributed by atoms with Crippen molar-refractivity contribution in [1.82, 2.24) is 5.32 Å². The van der Waals surface area contributed by atoms with Crippen molar-refractivity contribution < 1.29 is 19.1 Å². The summed E-state index contributed by atoms with van der Waals surface area (Å²) in [6.45, 7) is 7.90. The largest absolute Gasteiger partial charge is 0.497 e. The van der Waals surface area contributed by atoms with Crippen molar-refractivity contribution in [2.75, 3.05) is 24.8 Å². The molecule has 33 heavy (non-hydrogen) atoms. The van der Waals surface area contributed by atoms with Gasteiger partial charge in [-0.15, -0.1) is 0 Å². The van der Waals surface area contributed by atoms with E-state index in [0.29, 0.717) is 22.2 Å². The summed E-state index contributed by atoms with van der Waals surface area (Å²) in [4.78, 5) is 29.9. The van der Waals surface area contributed by atoms with Gasteiger partial charge < -0.3 is 20.1 Å². The Kier molecular flexibility index (Phi) is 8.16. The van der Waals surface area contributed by atoms with E-state index >= 15 is 0 Å². The van der Waals surface area contributed by atoms with E-state index in [0.717, 1.165) is 16.8 Å². The Morgan fingerprint density at radius 1 is 1.09 bits per heavy atom. The smallest absolute Gasteiger partial charge is 0.338 e. The molecule has 7 nitrogen and oxygen atoms in total. The summed E-state index contributed by atoms with van der Waals surface area (Å²) in [5.41, 5.74) is 4.99. The van der Waals surface area contributed by atoms with Crippen LogP contribution in [0.4, 0.5) is 5.69 Å². The zero-order chi connectivity index (χ0) is 24.0. The first-order valence-electron chi connectivity index (χ1n) is 10.7. The van der Waals surface area contributed by atoms with E-state index in [1.807, 2.05) is 63.2 Å². The maximum atomic E-state index is 12.7. The van der Waals surface area contributed by atoms with E-state index in [9.17, 15) is 9.59 Å². The number of benzene rings is 2. The maximum absolute atomic E-state index is 12.7. The first kappa shape index (κ1) is 24.4. The summed E-state index contributed by atoms with van der Waals surface area (Å²) in [5.74, 6) is 0.346. The van der Waals surface area contributed by atoms with Gasteiger partial charge in [-0.25, -0.2) is 9.79 Å². The standard InChI is InChI=1S/C25H29N3O4S/c1-6-32-24(30)22-17(4)26-25(28-23(22)18-8-11-20(31-5)12-9-18)33-14-21(29)27-19-10-7-15(2)16(3)13-19/h7-13,23H,6,14H2,1-5H3,(H,26,28)(H,27,29)/t23-/m1/s1. The predicted molar refractivity (Wildman–Crippen MR) is 133 cm³/mol. The average molecular weight is 468 g/mol. The molecule has 174 valence electrons. The Hall–Kier alpha value is -3.26. The van der Waals surface area contributed by atoms with E-state index in [1.165, 1.54) is 17.3 Å². The number of nitrogens with one attached hydrogen (secondary N) is 2. The number of carbonyl (C=O) groups excluding carboxylic acids is 2. The number of anilines is 1.